The lowest BCUT2D eigenvalue weighted by molar-refractivity contribution is 0.340. The van der Waals surface area contributed by atoms with Crippen molar-refractivity contribution in [1.82, 2.24) is 5.32 Å². The van der Waals surface area contributed by atoms with Gasteiger partial charge in [0.15, 0.2) is 0 Å². The van der Waals surface area contributed by atoms with Crippen molar-refractivity contribution in [3.63, 3.8) is 0 Å². The lowest BCUT2D eigenvalue weighted by Crippen LogP contribution is -2.30. The van der Waals surface area contributed by atoms with Crippen LogP contribution < -0.4 is 5.32 Å². The second-order valence-corrected chi connectivity index (χ2v) is 5.29. The minimum Gasteiger partial charge on any atom is -0.314 e. The van der Waals surface area contributed by atoms with E-state index in [0.717, 1.165) is 17.8 Å². The van der Waals surface area contributed by atoms with Gasteiger partial charge in [0.2, 0.25) is 0 Å². The zero-order valence-electron chi connectivity index (χ0n) is 9.64. The molecular weight excluding hydrogens is 158 g/mol. The Hall–Kier alpha value is -0.0400. The average molecular weight is 183 g/mol. The van der Waals surface area contributed by atoms with Gasteiger partial charge in [-0.3, -0.25) is 0 Å². The molecule has 1 rings (SSSR count). The fraction of sp³-hybridized carbons (Fsp3) is 1.00. The molecule has 1 N–H and O–H groups in total. The molecule has 1 unspecified atom stereocenters. The van der Waals surface area contributed by atoms with Crippen LogP contribution >= 0.6 is 0 Å². The highest BCUT2D eigenvalue weighted by Crippen LogP contribution is 2.39. The molecule has 0 aromatic rings. The van der Waals surface area contributed by atoms with Crippen LogP contribution in [0.15, 0.2) is 0 Å². The molecule has 0 aromatic carbocycles. The monoisotopic (exact) mass is 183 g/mol. The van der Waals surface area contributed by atoms with Crippen molar-refractivity contribution in [2.45, 2.75) is 53.0 Å². The molecule has 13 heavy (non-hydrogen) atoms. The van der Waals surface area contributed by atoms with Gasteiger partial charge < -0.3 is 5.32 Å². The van der Waals surface area contributed by atoms with Crippen LogP contribution in [0.3, 0.4) is 0 Å². The third kappa shape index (κ3) is 4.66. The van der Waals surface area contributed by atoms with Crippen LogP contribution in [0.5, 0.6) is 0 Å². The second-order valence-electron chi connectivity index (χ2n) is 5.29. The second kappa shape index (κ2) is 4.99. The zero-order chi connectivity index (χ0) is 9.84. The fourth-order valence-electron chi connectivity index (χ4n) is 2.00. The summed E-state index contributed by atoms with van der Waals surface area (Å²) in [7, 11) is 0. The summed E-state index contributed by atoms with van der Waals surface area (Å²) in [6.45, 7) is 10.4. The van der Waals surface area contributed by atoms with Gasteiger partial charge in [-0.15, -0.1) is 0 Å². The summed E-state index contributed by atoms with van der Waals surface area (Å²) in [5, 5.41) is 3.57. The van der Waals surface area contributed by atoms with Gasteiger partial charge in [-0.2, -0.15) is 0 Å². The van der Waals surface area contributed by atoms with E-state index in [0.29, 0.717) is 6.04 Å². The lowest BCUT2D eigenvalue weighted by atomic mass is 9.92. The van der Waals surface area contributed by atoms with Crippen LogP contribution in [0.2, 0.25) is 0 Å². The van der Waals surface area contributed by atoms with Gasteiger partial charge in [0.05, 0.1) is 0 Å². The Kier molecular flexibility index (Phi) is 4.24. The summed E-state index contributed by atoms with van der Waals surface area (Å²) < 4.78 is 0. The minimum absolute atomic E-state index is 0.647. The van der Waals surface area contributed by atoms with Crippen LogP contribution in [-0.4, -0.2) is 12.6 Å². The molecule has 0 bridgehead atoms. The Balaban J connectivity index is 2.21. The number of nitrogens with one attached hydrogen (secondary N) is 1. The molecule has 0 aliphatic heterocycles. The third-order valence-corrected chi connectivity index (χ3v) is 2.85. The lowest BCUT2D eigenvalue weighted by Gasteiger charge is -2.20. The maximum Gasteiger partial charge on any atom is 0.00104 e. The molecule has 0 spiro atoms. The maximum atomic E-state index is 3.57. The molecule has 78 valence electrons. The van der Waals surface area contributed by atoms with E-state index in [9.17, 15) is 0 Å². The molecular formula is C12H25N. The summed E-state index contributed by atoms with van der Waals surface area (Å²) in [6, 6.07) is 0.647. The zero-order valence-corrected chi connectivity index (χ0v) is 9.64. The highest BCUT2D eigenvalue weighted by Gasteiger charge is 2.31. The summed E-state index contributed by atoms with van der Waals surface area (Å²) >= 11 is 0. The Morgan fingerprint density at radius 3 is 2.15 bits per heavy atom. The maximum absolute atomic E-state index is 3.57. The molecule has 1 fully saturated rings. The van der Waals surface area contributed by atoms with Gasteiger partial charge in [0.25, 0.3) is 0 Å². The van der Waals surface area contributed by atoms with Gasteiger partial charge in [-0.05, 0) is 43.6 Å². The van der Waals surface area contributed by atoms with Crippen molar-refractivity contribution in [3.05, 3.63) is 0 Å². The summed E-state index contributed by atoms with van der Waals surface area (Å²) in [5.41, 5.74) is 0. The van der Waals surface area contributed by atoms with Crippen molar-refractivity contribution in [3.8, 4) is 0 Å². The number of hydrogen-bond donors (Lipinski definition) is 1. The van der Waals surface area contributed by atoms with Crippen LogP contribution in [0.25, 0.3) is 0 Å². The van der Waals surface area contributed by atoms with Crippen LogP contribution in [0.1, 0.15) is 47.0 Å². The third-order valence-electron chi connectivity index (χ3n) is 2.85. The van der Waals surface area contributed by atoms with E-state index in [-0.39, 0.29) is 0 Å². The Bertz CT molecular complexity index is 136. The highest BCUT2D eigenvalue weighted by atomic mass is 14.9. The standard InChI is InChI=1S/C12H25N/c1-9(2)7-12(11-5-6-11)8-13-10(3)4/h9-13H,5-8H2,1-4H3. The molecule has 1 aliphatic carbocycles. The Morgan fingerprint density at radius 1 is 1.15 bits per heavy atom. The predicted molar refractivity (Wildman–Crippen MR) is 58.8 cm³/mol. The smallest absolute Gasteiger partial charge is 0.00104 e. The van der Waals surface area contributed by atoms with Crippen molar-refractivity contribution < 1.29 is 0 Å². The molecule has 0 radical (unpaired) electrons. The minimum atomic E-state index is 0.647. The Morgan fingerprint density at radius 2 is 1.77 bits per heavy atom. The van der Waals surface area contributed by atoms with E-state index < -0.39 is 0 Å². The Labute approximate surface area is 83.3 Å². The number of hydrogen-bond acceptors (Lipinski definition) is 1. The largest absolute Gasteiger partial charge is 0.314 e. The quantitative estimate of drug-likeness (QED) is 0.667. The topological polar surface area (TPSA) is 12.0 Å². The summed E-state index contributed by atoms with van der Waals surface area (Å²) in [6.07, 6.45) is 4.37. The van der Waals surface area contributed by atoms with Crippen LogP contribution in [0.4, 0.5) is 0 Å². The van der Waals surface area contributed by atoms with E-state index in [2.05, 4.69) is 33.0 Å². The molecule has 0 aromatic heterocycles. The molecule has 0 amide bonds. The molecule has 1 heteroatoms. The predicted octanol–water partition coefficient (Wildman–Crippen LogP) is 3.06. The molecule has 1 saturated carbocycles. The highest BCUT2D eigenvalue weighted by molar-refractivity contribution is 4.83. The normalized spacial score (nSPS) is 19.8. The first-order valence-electron chi connectivity index (χ1n) is 5.83. The molecule has 1 aliphatic rings. The number of rotatable bonds is 6. The van der Waals surface area contributed by atoms with Crippen molar-refractivity contribution in [2.24, 2.45) is 17.8 Å². The molecule has 1 nitrogen and oxygen atoms in total. The van der Waals surface area contributed by atoms with E-state index in [1.54, 1.807) is 0 Å². The van der Waals surface area contributed by atoms with Gasteiger partial charge in [-0.25, -0.2) is 0 Å². The van der Waals surface area contributed by atoms with E-state index in [4.69, 9.17) is 0 Å². The van der Waals surface area contributed by atoms with Crippen molar-refractivity contribution in [1.29, 1.82) is 0 Å². The first-order valence-corrected chi connectivity index (χ1v) is 5.83. The van der Waals surface area contributed by atoms with E-state index >= 15 is 0 Å². The first-order chi connectivity index (χ1) is 6.09. The van der Waals surface area contributed by atoms with E-state index in [1.807, 2.05) is 0 Å². The van der Waals surface area contributed by atoms with Crippen LogP contribution in [-0.2, 0) is 0 Å². The summed E-state index contributed by atoms with van der Waals surface area (Å²) in [5.74, 6) is 2.86. The SMILES string of the molecule is CC(C)CC(CNC(C)C)C1CC1. The van der Waals surface area contributed by atoms with Gasteiger partial charge >= 0.3 is 0 Å². The summed E-state index contributed by atoms with van der Waals surface area (Å²) in [4.78, 5) is 0. The molecule has 1 atom stereocenters. The van der Waals surface area contributed by atoms with Gasteiger partial charge in [0.1, 0.15) is 0 Å². The van der Waals surface area contributed by atoms with Crippen molar-refractivity contribution in [2.75, 3.05) is 6.54 Å². The van der Waals surface area contributed by atoms with Gasteiger partial charge in [0, 0.05) is 6.04 Å². The molecule has 0 heterocycles. The average Bonchev–Trinajstić information content (AvgIpc) is 2.78. The van der Waals surface area contributed by atoms with Crippen LogP contribution in [0, 0.1) is 17.8 Å². The molecule has 0 saturated heterocycles. The van der Waals surface area contributed by atoms with Crippen molar-refractivity contribution >= 4 is 0 Å². The fourth-order valence-corrected chi connectivity index (χ4v) is 2.00. The van der Waals surface area contributed by atoms with E-state index in [1.165, 1.54) is 25.8 Å². The van der Waals surface area contributed by atoms with Gasteiger partial charge in [-0.1, -0.05) is 27.7 Å². The first kappa shape index (κ1) is 11.0.